The number of anilines is 1. The third-order valence-electron chi connectivity index (χ3n) is 7.78. The molecule has 3 N–H and O–H groups in total. The Morgan fingerprint density at radius 1 is 1.26 bits per heavy atom. The van der Waals surface area contributed by atoms with Gasteiger partial charge in [0.2, 0.25) is 0 Å². The Bertz CT molecular complexity index is 1210. The van der Waals surface area contributed by atoms with E-state index in [0.29, 0.717) is 42.7 Å². The molecule has 3 heterocycles. The van der Waals surface area contributed by atoms with Gasteiger partial charge in [0.05, 0.1) is 5.69 Å². The summed E-state index contributed by atoms with van der Waals surface area (Å²) in [7, 11) is 0. The number of aromatic nitrogens is 3. The molecule has 1 spiro atoms. The predicted molar refractivity (Wildman–Crippen MR) is 133 cm³/mol. The number of H-pyrrole nitrogens is 1. The molecule has 2 fully saturated rings. The highest BCUT2D eigenvalue weighted by atomic mass is 79.9. The van der Waals surface area contributed by atoms with E-state index in [1.54, 1.807) is 0 Å². The van der Waals surface area contributed by atoms with Crippen LogP contribution in [0.15, 0.2) is 40.1 Å². The maximum absolute atomic E-state index is 13.3. The molecule has 3 aliphatic carbocycles. The van der Waals surface area contributed by atoms with Gasteiger partial charge in [0.25, 0.3) is 5.91 Å². The Hall–Kier alpha value is -2.74. The normalized spacial score (nSPS) is 26.0. The van der Waals surface area contributed by atoms with E-state index in [0.717, 1.165) is 52.7 Å². The van der Waals surface area contributed by atoms with Gasteiger partial charge in [0.15, 0.2) is 11.6 Å². The number of fused-ring (bicyclic) bond motifs is 1. The van der Waals surface area contributed by atoms with Gasteiger partial charge >= 0.3 is 0 Å². The fourth-order valence-electron chi connectivity index (χ4n) is 5.74. The second-order valence-corrected chi connectivity index (χ2v) is 11.3. The summed E-state index contributed by atoms with van der Waals surface area (Å²) in [6, 6.07) is 4.00. The van der Waals surface area contributed by atoms with Crippen molar-refractivity contribution < 1.29 is 9.59 Å². The van der Waals surface area contributed by atoms with E-state index in [1.165, 1.54) is 12.8 Å². The lowest BCUT2D eigenvalue weighted by Crippen LogP contribution is -2.34. The predicted octanol–water partition coefficient (Wildman–Crippen LogP) is 4.79. The summed E-state index contributed by atoms with van der Waals surface area (Å²) in [4.78, 5) is 30.4. The number of nitrogens with zero attached hydrogens (tertiary/aromatic N) is 2. The molecule has 2 aromatic heterocycles. The summed E-state index contributed by atoms with van der Waals surface area (Å²) in [5.74, 6) is 1.84. The maximum Gasteiger partial charge on any atom is 0.269 e. The number of hydrogen-bond acceptors (Lipinski definition) is 5. The number of pyridine rings is 1. The molecule has 1 amide bonds. The van der Waals surface area contributed by atoms with E-state index in [2.05, 4.69) is 53.9 Å². The number of nitrogens with one attached hydrogen (secondary N) is 3. The molecular weight excluding hydrogens is 494 g/mol. The van der Waals surface area contributed by atoms with E-state index in [1.807, 2.05) is 18.3 Å². The number of carbonyl (C=O) groups excluding carboxylic acids is 2. The number of halogens is 1. The minimum atomic E-state index is -0.128. The Morgan fingerprint density at radius 3 is 2.94 bits per heavy atom. The first-order chi connectivity index (χ1) is 16.5. The topological polar surface area (TPSA) is 99.8 Å². The Balaban J connectivity index is 1.15. The van der Waals surface area contributed by atoms with Crippen molar-refractivity contribution in [3.63, 3.8) is 0 Å². The second-order valence-electron chi connectivity index (χ2n) is 10.4. The van der Waals surface area contributed by atoms with Crippen LogP contribution in [0.25, 0.3) is 6.08 Å². The van der Waals surface area contributed by atoms with Gasteiger partial charge in [-0.1, -0.05) is 6.08 Å². The zero-order chi connectivity index (χ0) is 23.3. The summed E-state index contributed by atoms with van der Waals surface area (Å²) >= 11 is 3.42. The molecule has 0 saturated heterocycles. The number of ketones is 1. The molecule has 7 nitrogen and oxygen atoms in total. The number of amides is 1. The first-order valence-electron chi connectivity index (χ1n) is 12.2. The zero-order valence-corrected chi connectivity index (χ0v) is 20.6. The van der Waals surface area contributed by atoms with Gasteiger partial charge in [0, 0.05) is 46.9 Å². The highest BCUT2D eigenvalue weighted by Crippen LogP contribution is 2.53. The third kappa shape index (κ3) is 4.24. The molecule has 6 rings (SSSR count). The minimum absolute atomic E-state index is 0.00332. The molecule has 0 radical (unpaired) electrons. The van der Waals surface area contributed by atoms with Crippen molar-refractivity contribution in [2.24, 2.45) is 17.3 Å². The fourth-order valence-corrected chi connectivity index (χ4v) is 5.97. The van der Waals surface area contributed by atoms with Gasteiger partial charge in [-0.3, -0.25) is 19.7 Å². The van der Waals surface area contributed by atoms with Crippen LogP contribution in [0.1, 0.15) is 66.7 Å². The standard InChI is InChI=1S/C26H28BrN5O2/c27-17-4-6-18(28-14-17)5-3-15-7-8-26(10-15)11-21-19(22(33)12-26)9-20-23(31-32-24(20)30-21)25(34)29-13-16-1-2-16/h3-6,14-16H,1-2,7-13H2,(H,29,34)(H2,30,31,32)/b5-3+. The highest BCUT2D eigenvalue weighted by molar-refractivity contribution is 9.10. The van der Waals surface area contributed by atoms with Crippen molar-refractivity contribution >= 4 is 39.5 Å². The van der Waals surface area contributed by atoms with Gasteiger partial charge in [-0.05, 0) is 89.9 Å². The van der Waals surface area contributed by atoms with E-state index in [-0.39, 0.29) is 17.1 Å². The van der Waals surface area contributed by atoms with Gasteiger partial charge in [-0.25, -0.2) is 0 Å². The maximum atomic E-state index is 13.3. The number of allylic oxidation sites excluding steroid dienone is 3. The van der Waals surface area contributed by atoms with E-state index < -0.39 is 0 Å². The average Bonchev–Trinajstić information content (AvgIpc) is 3.45. The minimum Gasteiger partial charge on any atom is -0.350 e. The van der Waals surface area contributed by atoms with Crippen LogP contribution in [0.4, 0.5) is 5.82 Å². The number of rotatable bonds is 5. The molecule has 4 aliphatic rings. The Labute approximate surface area is 207 Å². The lowest BCUT2D eigenvalue weighted by atomic mass is 9.69. The second kappa shape index (κ2) is 8.48. The molecule has 2 unspecified atom stereocenters. The molecule has 0 bridgehead atoms. The average molecular weight is 522 g/mol. The Morgan fingerprint density at radius 2 is 2.15 bits per heavy atom. The van der Waals surface area contributed by atoms with Crippen molar-refractivity contribution in [2.75, 3.05) is 11.9 Å². The Kier molecular flexibility index (Phi) is 5.43. The van der Waals surface area contributed by atoms with Gasteiger partial charge in [-0.15, -0.1) is 0 Å². The molecule has 2 aromatic rings. The third-order valence-corrected chi connectivity index (χ3v) is 8.25. The summed E-state index contributed by atoms with van der Waals surface area (Å²) in [5.41, 5.74) is 4.07. The smallest absolute Gasteiger partial charge is 0.269 e. The summed E-state index contributed by atoms with van der Waals surface area (Å²) in [6.07, 6.45) is 13.6. The molecular formula is C26H28BrN5O2. The van der Waals surface area contributed by atoms with E-state index in [9.17, 15) is 9.59 Å². The molecule has 2 saturated carbocycles. The largest absolute Gasteiger partial charge is 0.350 e. The van der Waals surface area contributed by atoms with Crippen molar-refractivity contribution in [1.29, 1.82) is 0 Å². The quantitative estimate of drug-likeness (QED) is 0.525. The summed E-state index contributed by atoms with van der Waals surface area (Å²) in [5, 5.41) is 13.7. The van der Waals surface area contributed by atoms with Crippen molar-refractivity contribution in [2.45, 2.75) is 51.4 Å². The number of aromatic amines is 1. The van der Waals surface area contributed by atoms with Crippen LogP contribution in [-0.2, 0) is 11.2 Å². The van der Waals surface area contributed by atoms with Crippen LogP contribution in [-0.4, -0.2) is 33.4 Å². The van der Waals surface area contributed by atoms with Gasteiger partial charge in [0.1, 0.15) is 5.69 Å². The molecule has 2 atom stereocenters. The molecule has 8 heteroatoms. The summed E-state index contributed by atoms with van der Waals surface area (Å²) < 4.78 is 0.973. The molecule has 1 aliphatic heterocycles. The van der Waals surface area contributed by atoms with Crippen molar-refractivity contribution in [3.8, 4) is 0 Å². The summed E-state index contributed by atoms with van der Waals surface area (Å²) in [6.45, 7) is 0.711. The fraction of sp³-hybridized carbons (Fsp3) is 0.462. The number of carbonyl (C=O) groups is 2. The monoisotopic (exact) mass is 521 g/mol. The van der Waals surface area contributed by atoms with Crippen molar-refractivity contribution in [3.05, 3.63) is 57.1 Å². The molecule has 0 aromatic carbocycles. The lowest BCUT2D eigenvalue weighted by Gasteiger charge is -2.37. The van der Waals surface area contributed by atoms with Crippen LogP contribution < -0.4 is 10.6 Å². The lowest BCUT2D eigenvalue weighted by molar-refractivity contribution is -0.118. The van der Waals surface area contributed by atoms with Gasteiger partial charge in [-0.2, -0.15) is 5.10 Å². The number of hydrogen-bond donors (Lipinski definition) is 3. The SMILES string of the molecule is O=C1CC2(CCC(/C=C/c3ccc(Br)cn3)C2)CC2=C1Cc1c(n[nH]c1C(=O)NCC1CC1)N2. The molecule has 176 valence electrons. The van der Waals surface area contributed by atoms with E-state index >= 15 is 0 Å². The van der Waals surface area contributed by atoms with Crippen LogP contribution in [0.3, 0.4) is 0 Å². The van der Waals surface area contributed by atoms with Crippen molar-refractivity contribution in [1.82, 2.24) is 20.5 Å². The zero-order valence-electron chi connectivity index (χ0n) is 19.0. The van der Waals surface area contributed by atoms with Crippen LogP contribution in [0.5, 0.6) is 0 Å². The highest BCUT2D eigenvalue weighted by Gasteiger charge is 2.46. The van der Waals surface area contributed by atoms with Crippen LogP contribution in [0.2, 0.25) is 0 Å². The van der Waals surface area contributed by atoms with Crippen LogP contribution in [0, 0.1) is 17.3 Å². The van der Waals surface area contributed by atoms with Gasteiger partial charge < -0.3 is 10.6 Å². The number of Topliss-reactive ketones (excluding diaryl/α,β-unsaturated/α-hetero) is 1. The van der Waals surface area contributed by atoms with E-state index in [4.69, 9.17) is 0 Å². The molecule has 34 heavy (non-hydrogen) atoms. The first kappa shape index (κ1) is 21.8. The first-order valence-corrected chi connectivity index (χ1v) is 12.9. The van der Waals surface area contributed by atoms with Crippen LogP contribution >= 0.6 is 15.9 Å².